The molecule has 2 heteroatoms. The summed E-state index contributed by atoms with van der Waals surface area (Å²) >= 11 is 0. The lowest BCUT2D eigenvalue weighted by molar-refractivity contribution is 0.101. The van der Waals surface area contributed by atoms with Gasteiger partial charge in [0.2, 0.25) is 0 Å². The highest BCUT2D eigenvalue weighted by Crippen LogP contribution is 2.18. The predicted octanol–water partition coefficient (Wildman–Crippen LogP) is 2.43. The van der Waals surface area contributed by atoms with Crippen LogP contribution in [-0.2, 0) is 6.42 Å². The summed E-state index contributed by atoms with van der Waals surface area (Å²) in [5.41, 5.74) is 2.14. The maximum atomic E-state index is 11.3. The molecule has 1 aromatic carbocycles. The van der Waals surface area contributed by atoms with Crippen molar-refractivity contribution in [3.8, 4) is 0 Å². The van der Waals surface area contributed by atoms with Crippen molar-refractivity contribution in [1.82, 2.24) is 5.32 Å². The van der Waals surface area contributed by atoms with Gasteiger partial charge in [-0.15, -0.1) is 0 Å². The lowest BCUT2D eigenvalue weighted by atomic mass is 9.90. The molecule has 0 unspecified atom stereocenters. The average molecular weight is 217 g/mol. The molecule has 16 heavy (non-hydrogen) atoms. The van der Waals surface area contributed by atoms with Gasteiger partial charge >= 0.3 is 0 Å². The second-order valence-corrected chi connectivity index (χ2v) is 4.65. The molecular weight excluding hydrogens is 198 g/mol. The minimum atomic E-state index is 0.159. The van der Waals surface area contributed by atoms with E-state index in [0.29, 0.717) is 0 Å². The second-order valence-electron chi connectivity index (χ2n) is 4.65. The molecule has 0 saturated carbocycles. The third kappa shape index (κ3) is 2.92. The number of rotatable bonds is 3. The molecule has 1 aliphatic rings. The van der Waals surface area contributed by atoms with Crippen molar-refractivity contribution in [1.29, 1.82) is 0 Å². The molecule has 0 aromatic heterocycles. The normalized spacial score (nSPS) is 17.3. The molecule has 1 saturated heterocycles. The zero-order valence-corrected chi connectivity index (χ0v) is 9.83. The van der Waals surface area contributed by atoms with E-state index in [9.17, 15) is 4.79 Å². The molecule has 2 nitrogen and oxygen atoms in total. The Hall–Kier alpha value is -1.15. The van der Waals surface area contributed by atoms with Crippen molar-refractivity contribution in [2.24, 2.45) is 5.92 Å². The van der Waals surface area contributed by atoms with Gasteiger partial charge in [-0.3, -0.25) is 4.79 Å². The van der Waals surface area contributed by atoms with Crippen molar-refractivity contribution in [3.63, 3.8) is 0 Å². The number of carbonyl (C=O) groups is 1. The lowest BCUT2D eigenvalue weighted by Crippen LogP contribution is -2.28. The van der Waals surface area contributed by atoms with Crippen LogP contribution in [0.4, 0.5) is 0 Å². The number of piperidine rings is 1. The van der Waals surface area contributed by atoms with Crippen LogP contribution in [0.25, 0.3) is 0 Å². The highest BCUT2D eigenvalue weighted by Gasteiger charge is 2.13. The summed E-state index contributed by atoms with van der Waals surface area (Å²) in [4.78, 5) is 11.3. The first-order chi connectivity index (χ1) is 7.75. The Morgan fingerprint density at radius 2 is 2.12 bits per heavy atom. The molecule has 1 N–H and O–H groups in total. The van der Waals surface area contributed by atoms with E-state index in [1.54, 1.807) is 6.92 Å². The minimum absolute atomic E-state index is 0.159. The summed E-state index contributed by atoms with van der Waals surface area (Å²) in [7, 11) is 0. The maximum absolute atomic E-state index is 11.3. The Bertz CT molecular complexity index is 367. The molecule has 0 radical (unpaired) electrons. The van der Waals surface area contributed by atoms with Gasteiger partial charge in [-0.25, -0.2) is 0 Å². The summed E-state index contributed by atoms with van der Waals surface area (Å²) in [5.74, 6) is 0.940. The molecule has 1 fully saturated rings. The predicted molar refractivity (Wildman–Crippen MR) is 65.7 cm³/mol. The number of ketones is 1. The van der Waals surface area contributed by atoms with E-state index in [0.717, 1.165) is 31.0 Å². The monoisotopic (exact) mass is 217 g/mol. The molecule has 1 aliphatic heterocycles. The van der Waals surface area contributed by atoms with E-state index in [4.69, 9.17) is 0 Å². The van der Waals surface area contributed by atoms with Crippen molar-refractivity contribution in [2.75, 3.05) is 13.1 Å². The van der Waals surface area contributed by atoms with Crippen LogP contribution in [0.2, 0.25) is 0 Å². The molecule has 0 aliphatic carbocycles. The van der Waals surface area contributed by atoms with Crippen LogP contribution >= 0.6 is 0 Å². The molecule has 1 aromatic rings. The van der Waals surface area contributed by atoms with E-state index in [-0.39, 0.29) is 5.78 Å². The van der Waals surface area contributed by atoms with Crippen LogP contribution < -0.4 is 5.32 Å². The van der Waals surface area contributed by atoms with Crippen LogP contribution in [0.15, 0.2) is 24.3 Å². The third-order valence-corrected chi connectivity index (χ3v) is 3.32. The first kappa shape index (κ1) is 11.3. The van der Waals surface area contributed by atoms with Crippen molar-refractivity contribution in [3.05, 3.63) is 35.4 Å². The Morgan fingerprint density at radius 3 is 2.81 bits per heavy atom. The highest BCUT2D eigenvalue weighted by molar-refractivity contribution is 5.94. The zero-order valence-electron chi connectivity index (χ0n) is 9.83. The topological polar surface area (TPSA) is 29.1 Å². The van der Waals surface area contributed by atoms with Crippen molar-refractivity contribution in [2.45, 2.75) is 26.2 Å². The van der Waals surface area contributed by atoms with Gasteiger partial charge in [-0.1, -0.05) is 18.2 Å². The molecule has 0 bridgehead atoms. The lowest BCUT2D eigenvalue weighted by Gasteiger charge is -2.22. The number of Topliss-reactive ketones (excluding diaryl/α,β-unsaturated/α-hetero) is 1. The molecular formula is C14H19NO. The maximum Gasteiger partial charge on any atom is 0.159 e. The first-order valence-electron chi connectivity index (χ1n) is 6.06. The van der Waals surface area contributed by atoms with Crippen LogP contribution in [0.3, 0.4) is 0 Å². The summed E-state index contributed by atoms with van der Waals surface area (Å²) in [6.45, 7) is 3.90. The number of nitrogens with one attached hydrogen (secondary N) is 1. The zero-order chi connectivity index (χ0) is 11.4. The molecule has 1 heterocycles. The van der Waals surface area contributed by atoms with Crippen molar-refractivity contribution < 1.29 is 4.79 Å². The summed E-state index contributed by atoms with van der Waals surface area (Å²) in [6.07, 6.45) is 3.62. The Kier molecular flexibility index (Phi) is 3.73. The third-order valence-electron chi connectivity index (χ3n) is 3.32. The van der Waals surface area contributed by atoms with E-state index in [1.807, 2.05) is 18.2 Å². The van der Waals surface area contributed by atoms with Gasteiger partial charge in [0.1, 0.15) is 0 Å². The molecule has 0 spiro atoms. The van der Waals surface area contributed by atoms with Gasteiger partial charge in [-0.2, -0.15) is 0 Å². The fourth-order valence-electron chi connectivity index (χ4n) is 2.34. The van der Waals surface area contributed by atoms with Crippen molar-refractivity contribution >= 4 is 5.78 Å². The summed E-state index contributed by atoms with van der Waals surface area (Å²) in [5, 5.41) is 3.38. The van der Waals surface area contributed by atoms with Gasteiger partial charge in [0.15, 0.2) is 5.78 Å². The minimum Gasteiger partial charge on any atom is -0.317 e. The highest BCUT2D eigenvalue weighted by atomic mass is 16.1. The summed E-state index contributed by atoms with van der Waals surface area (Å²) in [6, 6.07) is 8.07. The summed E-state index contributed by atoms with van der Waals surface area (Å²) < 4.78 is 0. The number of benzene rings is 1. The fraction of sp³-hybridized carbons (Fsp3) is 0.500. The quantitative estimate of drug-likeness (QED) is 0.788. The van der Waals surface area contributed by atoms with E-state index < -0.39 is 0 Å². The van der Waals surface area contributed by atoms with Gasteiger partial charge in [0.05, 0.1) is 0 Å². The van der Waals surface area contributed by atoms with Gasteiger partial charge < -0.3 is 5.32 Å². The van der Waals surface area contributed by atoms with Crippen LogP contribution in [0.1, 0.15) is 35.7 Å². The van der Waals surface area contributed by atoms with Gasteiger partial charge in [0, 0.05) is 5.56 Å². The largest absolute Gasteiger partial charge is 0.317 e. The van der Waals surface area contributed by atoms with Crippen LogP contribution in [0.5, 0.6) is 0 Å². The first-order valence-corrected chi connectivity index (χ1v) is 6.06. The molecule has 86 valence electrons. The van der Waals surface area contributed by atoms with Gasteiger partial charge in [0.25, 0.3) is 0 Å². The number of carbonyl (C=O) groups excluding carboxylic acids is 1. The number of hydrogen-bond donors (Lipinski definition) is 1. The second kappa shape index (κ2) is 5.26. The standard InChI is InChI=1S/C14H19NO/c1-11(16)14-4-2-3-13(10-14)9-12-5-7-15-8-6-12/h2-4,10,12,15H,5-9H2,1H3. The van der Waals surface area contributed by atoms with Crippen LogP contribution in [-0.4, -0.2) is 18.9 Å². The fourth-order valence-corrected chi connectivity index (χ4v) is 2.34. The molecule has 2 rings (SSSR count). The van der Waals surface area contributed by atoms with E-state index in [2.05, 4.69) is 11.4 Å². The average Bonchev–Trinajstić information content (AvgIpc) is 2.30. The van der Waals surface area contributed by atoms with Crippen LogP contribution in [0, 0.1) is 5.92 Å². The molecule has 0 atom stereocenters. The number of hydrogen-bond acceptors (Lipinski definition) is 2. The smallest absolute Gasteiger partial charge is 0.159 e. The Morgan fingerprint density at radius 1 is 1.38 bits per heavy atom. The van der Waals surface area contributed by atoms with Gasteiger partial charge in [-0.05, 0) is 56.8 Å². The van der Waals surface area contributed by atoms with E-state index >= 15 is 0 Å². The SMILES string of the molecule is CC(=O)c1cccc(CC2CCNCC2)c1. The van der Waals surface area contributed by atoms with E-state index in [1.165, 1.54) is 18.4 Å². The Balaban J connectivity index is 2.02. The Labute approximate surface area is 97.1 Å². The molecule has 0 amide bonds.